The van der Waals surface area contributed by atoms with E-state index < -0.39 is 30.8 Å². The highest BCUT2D eigenvalue weighted by Gasteiger charge is 2.47. The zero-order valence-corrected chi connectivity index (χ0v) is 12.0. The van der Waals surface area contributed by atoms with Crippen molar-refractivity contribution in [3.8, 4) is 0 Å². The molecular weight excluding hydrogens is 305 g/mol. The molecule has 0 spiro atoms. The van der Waals surface area contributed by atoms with Crippen LogP contribution in [-0.2, 0) is 16.1 Å². The number of halogens is 3. The van der Waals surface area contributed by atoms with E-state index in [2.05, 4.69) is 10.1 Å². The number of alkyl halides is 3. The lowest BCUT2D eigenvalue weighted by Gasteiger charge is -2.39. The van der Waals surface area contributed by atoms with Gasteiger partial charge in [0.05, 0.1) is 0 Å². The van der Waals surface area contributed by atoms with Crippen LogP contribution in [0.15, 0.2) is 4.52 Å². The molecule has 22 heavy (non-hydrogen) atoms. The Balaban J connectivity index is 1.90. The number of hydrogen-bond acceptors (Lipinski definition) is 6. The van der Waals surface area contributed by atoms with E-state index in [1.807, 2.05) is 0 Å². The second-order valence-electron chi connectivity index (χ2n) is 5.17. The smallest absolute Gasteiger partial charge is 0.362 e. The van der Waals surface area contributed by atoms with Crippen LogP contribution in [0.25, 0.3) is 0 Å². The highest BCUT2D eigenvalue weighted by molar-refractivity contribution is 5.78. The van der Waals surface area contributed by atoms with E-state index in [1.54, 1.807) is 6.92 Å². The summed E-state index contributed by atoms with van der Waals surface area (Å²) in [6, 6.07) is -2.27. The van der Waals surface area contributed by atoms with Gasteiger partial charge in [0.15, 0.2) is 5.82 Å². The van der Waals surface area contributed by atoms with Crippen LogP contribution in [0.4, 0.5) is 13.2 Å². The van der Waals surface area contributed by atoms with Crippen molar-refractivity contribution in [3.05, 3.63) is 11.7 Å². The number of rotatable bonds is 4. The van der Waals surface area contributed by atoms with E-state index >= 15 is 0 Å². The molecule has 1 aromatic heterocycles. The number of aryl methyl sites for hydroxylation is 1. The summed E-state index contributed by atoms with van der Waals surface area (Å²) in [5.74, 6) is -0.189. The fourth-order valence-corrected chi connectivity index (χ4v) is 2.32. The van der Waals surface area contributed by atoms with E-state index in [1.165, 1.54) is 0 Å². The van der Waals surface area contributed by atoms with E-state index in [-0.39, 0.29) is 31.9 Å². The molecular formula is C12H17F3N4O3. The Kier molecular flexibility index (Phi) is 5.01. The van der Waals surface area contributed by atoms with Gasteiger partial charge in [-0.3, -0.25) is 4.79 Å². The molecule has 0 aromatic carbocycles. The molecule has 1 saturated heterocycles. The number of carbonyl (C=O) groups excluding carboxylic acids is 1. The van der Waals surface area contributed by atoms with Crippen LogP contribution in [-0.4, -0.2) is 52.4 Å². The molecule has 2 rings (SSSR count). The van der Waals surface area contributed by atoms with Gasteiger partial charge in [0.1, 0.15) is 19.3 Å². The molecule has 2 heterocycles. The van der Waals surface area contributed by atoms with Crippen molar-refractivity contribution in [1.82, 2.24) is 15.0 Å². The van der Waals surface area contributed by atoms with Crippen LogP contribution in [0.2, 0.25) is 0 Å². The van der Waals surface area contributed by atoms with Crippen LogP contribution in [0, 0.1) is 6.92 Å². The maximum absolute atomic E-state index is 13.0. The summed E-state index contributed by atoms with van der Waals surface area (Å²) >= 11 is 0. The van der Waals surface area contributed by atoms with Gasteiger partial charge in [0, 0.05) is 12.6 Å². The fraction of sp³-hybridized carbons (Fsp3) is 0.750. The van der Waals surface area contributed by atoms with Crippen molar-refractivity contribution in [2.24, 2.45) is 5.73 Å². The van der Waals surface area contributed by atoms with E-state index in [0.717, 1.165) is 4.90 Å². The minimum atomic E-state index is -4.47. The lowest BCUT2D eigenvalue weighted by atomic mass is 9.98. The summed E-state index contributed by atoms with van der Waals surface area (Å²) in [7, 11) is 0. The van der Waals surface area contributed by atoms with Crippen molar-refractivity contribution in [2.75, 3.05) is 13.2 Å². The van der Waals surface area contributed by atoms with Crippen LogP contribution >= 0.6 is 0 Å². The molecule has 0 aliphatic carbocycles. The summed E-state index contributed by atoms with van der Waals surface area (Å²) < 4.78 is 48.7. The Morgan fingerprint density at radius 1 is 1.50 bits per heavy atom. The minimum Gasteiger partial charge on any atom is -0.362 e. The number of nitrogens with zero attached hydrogens (tertiary/aromatic N) is 3. The summed E-state index contributed by atoms with van der Waals surface area (Å²) in [5.41, 5.74) is 5.66. The monoisotopic (exact) mass is 322 g/mol. The van der Waals surface area contributed by atoms with Crippen molar-refractivity contribution < 1.29 is 27.2 Å². The number of carbonyl (C=O) groups is 1. The topological polar surface area (TPSA) is 94.5 Å². The predicted molar refractivity (Wildman–Crippen MR) is 67.5 cm³/mol. The Labute approximate surface area is 124 Å². The van der Waals surface area contributed by atoms with Gasteiger partial charge in [-0.1, -0.05) is 5.16 Å². The van der Waals surface area contributed by atoms with Gasteiger partial charge in [0.2, 0.25) is 5.91 Å². The molecule has 124 valence electrons. The summed E-state index contributed by atoms with van der Waals surface area (Å²) in [6.45, 7) is 0.844. The highest BCUT2D eigenvalue weighted by atomic mass is 19.4. The third-order valence-electron chi connectivity index (χ3n) is 3.34. The average Bonchev–Trinajstić information content (AvgIpc) is 2.83. The maximum atomic E-state index is 13.0. The fourth-order valence-electron chi connectivity index (χ4n) is 2.32. The van der Waals surface area contributed by atoms with Crippen LogP contribution < -0.4 is 5.73 Å². The first kappa shape index (κ1) is 16.7. The van der Waals surface area contributed by atoms with E-state index in [9.17, 15) is 18.0 Å². The van der Waals surface area contributed by atoms with Gasteiger partial charge in [-0.05, 0) is 19.8 Å². The van der Waals surface area contributed by atoms with Gasteiger partial charge in [-0.25, -0.2) is 0 Å². The summed E-state index contributed by atoms with van der Waals surface area (Å²) in [4.78, 5) is 16.6. The SMILES string of the molecule is Cc1noc(COCC(=O)N2C[C@@H](N)CC[C@@H]2C(F)(F)F)n1. The van der Waals surface area contributed by atoms with Crippen molar-refractivity contribution in [3.63, 3.8) is 0 Å². The van der Waals surface area contributed by atoms with Crippen molar-refractivity contribution in [2.45, 2.75) is 44.6 Å². The number of likely N-dealkylation sites (tertiary alicyclic amines) is 1. The Hall–Kier alpha value is -1.68. The molecule has 1 amide bonds. The molecule has 1 aromatic rings. The largest absolute Gasteiger partial charge is 0.408 e. The number of aromatic nitrogens is 2. The summed E-state index contributed by atoms with van der Waals surface area (Å²) in [5, 5.41) is 3.53. The first-order valence-corrected chi connectivity index (χ1v) is 6.76. The number of nitrogens with two attached hydrogens (primary N) is 1. The first-order chi connectivity index (χ1) is 10.3. The van der Waals surface area contributed by atoms with Gasteiger partial charge in [-0.15, -0.1) is 0 Å². The number of hydrogen-bond donors (Lipinski definition) is 1. The molecule has 0 bridgehead atoms. The van der Waals surface area contributed by atoms with Crippen molar-refractivity contribution >= 4 is 5.91 Å². The van der Waals surface area contributed by atoms with Gasteiger partial charge in [0.25, 0.3) is 5.89 Å². The van der Waals surface area contributed by atoms with E-state index in [4.69, 9.17) is 15.0 Å². The molecule has 1 fully saturated rings. The standard InChI is InChI=1S/C12H17F3N4O3/c1-7-17-10(22-18-7)5-21-6-11(20)19-4-8(16)2-3-9(19)12(13,14)15/h8-9H,2-6,16H2,1H3/t8-,9+/m0/s1. The molecule has 0 unspecified atom stereocenters. The number of ether oxygens (including phenoxy) is 1. The molecule has 2 atom stereocenters. The van der Waals surface area contributed by atoms with Gasteiger partial charge < -0.3 is 19.9 Å². The zero-order valence-electron chi connectivity index (χ0n) is 12.0. The van der Waals surface area contributed by atoms with Gasteiger partial charge in [-0.2, -0.15) is 18.2 Å². The first-order valence-electron chi connectivity index (χ1n) is 6.76. The Morgan fingerprint density at radius 3 is 2.82 bits per heavy atom. The van der Waals surface area contributed by atoms with Crippen LogP contribution in [0.1, 0.15) is 24.6 Å². The third-order valence-corrected chi connectivity index (χ3v) is 3.34. The maximum Gasteiger partial charge on any atom is 0.408 e. The molecule has 2 N–H and O–H groups in total. The second-order valence-corrected chi connectivity index (χ2v) is 5.17. The normalized spacial score (nSPS) is 22.9. The van der Waals surface area contributed by atoms with Crippen molar-refractivity contribution in [1.29, 1.82) is 0 Å². The molecule has 0 radical (unpaired) electrons. The molecule has 0 saturated carbocycles. The van der Waals surface area contributed by atoms with E-state index in [0.29, 0.717) is 5.82 Å². The molecule has 1 aliphatic heterocycles. The number of piperidine rings is 1. The number of amides is 1. The zero-order chi connectivity index (χ0) is 16.3. The quantitative estimate of drug-likeness (QED) is 0.880. The lowest BCUT2D eigenvalue weighted by Crippen LogP contribution is -2.57. The minimum absolute atomic E-state index is 0.133. The average molecular weight is 322 g/mol. The lowest BCUT2D eigenvalue weighted by molar-refractivity contribution is -0.198. The summed E-state index contributed by atoms with van der Waals surface area (Å²) in [6.07, 6.45) is -4.44. The van der Waals surface area contributed by atoms with Crippen LogP contribution in [0.3, 0.4) is 0 Å². The molecule has 10 heteroatoms. The highest BCUT2D eigenvalue weighted by Crippen LogP contribution is 2.31. The third kappa shape index (κ3) is 4.17. The molecule has 7 nitrogen and oxygen atoms in total. The Bertz CT molecular complexity index is 520. The van der Waals surface area contributed by atoms with Crippen LogP contribution in [0.5, 0.6) is 0 Å². The second kappa shape index (κ2) is 6.61. The molecule has 1 aliphatic rings. The van der Waals surface area contributed by atoms with Gasteiger partial charge >= 0.3 is 6.18 Å². The predicted octanol–water partition coefficient (Wildman–Crippen LogP) is 0.775. The Morgan fingerprint density at radius 2 is 2.23 bits per heavy atom.